The Kier molecular flexibility index (Phi) is 4.33. The zero-order valence-electron chi connectivity index (χ0n) is 11.7. The number of halogens is 4. The number of carbonyl (C=O) groups excluding carboxylic acids is 1. The molecule has 0 aliphatic carbocycles. The Bertz CT molecular complexity index is 875. The first kappa shape index (κ1) is 16.5. The third kappa shape index (κ3) is 3.44. The maximum atomic E-state index is 12.8. The van der Waals surface area contributed by atoms with Crippen molar-refractivity contribution in [1.29, 1.82) is 0 Å². The van der Waals surface area contributed by atoms with Crippen LogP contribution in [0.2, 0.25) is 5.02 Å². The van der Waals surface area contributed by atoms with Gasteiger partial charge in [-0.3, -0.25) is 10.1 Å². The van der Waals surface area contributed by atoms with Gasteiger partial charge in [0.05, 0.1) is 10.6 Å². The molecule has 1 N–H and O–H groups in total. The van der Waals surface area contributed by atoms with E-state index in [4.69, 9.17) is 16.0 Å². The van der Waals surface area contributed by atoms with E-state index in [1.807, 2.05) is 0 Å². The molecule has 0 unspecified atom stereocenters. The SMILES string of the molecule is O=C(Nc1nccs1)c1ccc(-c2cc(C(F)(F)F)ccc2Cl)o1. The van der Waals surface area contributed by atoms with Crippen molar-refractivity contribution < 1.29 is 22.4 Å². The molecular weight excluding hydrogens is 365 g/mol. The average Bonchev–Trinajstić information content (AvgIpc) is 3.17. The van der Waals surface area contributed by atoms with Crippen molar-refractivity contribution >= 4 is 34.0 Å². The number of nitrogens with one attached hydrogen (secondary N) is 1. The van der Waals surface area contributed by atoms with Gasteiger partial charge in [0.25, 0.3) is 5.91 Å². The van der Waals surface area contributed by atoms with E-state index in [0.717, 1.165) is 18.2 Å². The molecule has 0 aliphatic rings. The fourth-order valence-corrected chi connectivity index (χ4v) is 2.67. The van der Waals surface area contributed by atoms with Gasteiger partial charge < -0.3 is 4.42 Å². The number of hydrogen-bond acceptors (Lipinski definition) is 4. The van der Waals surface area contributed by atoms with Crippen molar-refractivity contribution in [2.75, 3.05) is 5.32 Å². The number of nitrogens with zero attached hydrogens (tertiary/aromatic N) is 1. The Labute approximate surface area is 142 Å². The second-order valence-electron chi connectivity index (χ2n) is 4.65. The molecule has 24 heavy (non-hydrogen) atoms. The van der Waals surface area contributed by atoms with Crippen LogP contribution in [0.5, 0.6) is 0 Å². The standard InChI is InChI=1S/C15H8ClF3N2O2S/c16-10-2-1-8(15(17,18)19)7-9(10)11-3-4-12(23-11)13(22)21-14-20-5-6-24-14/h1-7H,(H,20,21,22). The van der Waals surface area contributed by atoms with Crippen molar-refractivity contribution in [1.82, 2.24) is 4.98 Å². The third-order valence-corrected chi connectivity index (χ3v) is 4.06. The molecule has 124 valence electrons. The highest BCUT2D eigenvalue weighted by atomic mass is 35.5. The molecule has 1 aromatic carbocycles. The van der Waals surface area contributed by atoms with Crippen LogP contribution in [0.3, 0.4) is 0 Å². The second kappa shape index (κ2) is 6.29. The lowest BCUT2D eigenvalue weighted by molar-refractivity contribution is -0.137. The summed E-state index contributed by atoms with van der Waals surface area (Å²) < 4.78 is 43.8. The van der Waals surface area contributed by atoms with Gasteiger partial charge in [0, 0.05) is 17.1 Å². The lowest BCUT2D eigenvalue weighted by Crippen LogP contribution is -2.10. The predicted molar refractivity (Wildman–Crippen MR) is 84.2 cm³/mol. The molecule has 0 fully saturated rings. The van der Waals surface area contributed by atoms with Gasteiger partial charge in [-0.2, -0.15) is 13.2 Å². The average molecular weight is 373 g/mol. The first-order chi connectivity index (χ1) is 11.3. The molecule has 0 saturated carbocycles. The molecule has 1 amide bonds. The van der Waals surface area contributed by atoms with E-state index in [0.29, 0.717) is 5.13 Å². The van der Waals surface area contributed by atoms with Crippen LogP contribution in [0.4, 0.5) is 18.3 Å². The molecule has 0 spiro atoms. The number of amides is 1. The summed E-state index contributed by atoms with van der Waals surface area (Å²) in [7, 11) is 0. The second-order valence-corrected chi connectivity index (χ2v) is 5.95. The van der Waals surface area contributed by atoms with Gasteiger partial charge in [-0.15, -0.1) is 11.3 Å². The molecule has 0 saturated heterocycles. The molecule has 2 aromatic heterocycles. The molecule has 0 atom stereocenters. The Morgan fingerprint density at radius 2 is 2.04 bits per heavy atom. The fourth-order valence-electron chi connectivity index (χ4n) is 1.94. The molecular formula is C15H8ClF3N2O2S. The minimum Gasteiger partial charge on any atom is -0.451 e. The molecule has 3 rings (SSSR count). The number of hydrogen-bond donors (Lipinski definition) is 1. The van der Waals surface area contributed by atoms with Gasteiger partial charge in [-0.05, 0) is 30.3 Å². The lowest BCUT2D eigenvalue weighted by Gasteiger charge is -2.09. The fraction of sp³-hybridized carbons (Fsp3) is 0.0667. The van der Waals surface area contributed by atoms with Gasteiger partial charge in [0.1, 0.15) is 5.76 Å². The van der Waals surface area contributed by atoms with Crippen LogP contribution in [0.25, 0.3) is 11.3 Å². The number of aromatic nitrogens is 1. The van der Waals surface area contributed by atoms with E-state index in [1.54, 1.807) is 5.38 Å². The van der Waals surface area contributed by atoms with Crippen LogP contribution >= 0.6 is 22.9 Å². The van der Waals surface area contributed by atoms with Crippen LogP contribution in [-0.4, -0.2) is 10.9 Å². The number of furan rings is 1. The number of alkyl halides is 3. The molecule has 0 aliphatic heterocycles. The summed E-state index contributed by atoms with van der Waals surface area (Å²) in [5, 5.41) is 4.67. The normalized spacial score (nSPS) is 11.5. The summed E-state index contributed by atoms with van der Waals surface area (Å²) in [6, 6.07) is 5.64. The molecule has 0 bridgehead atoms. The highest BCUT2D eigenvalue weighted by Crippen LogP contribution is 2.36. The Morgan fingerprint density at radius 3 is 2.71 bits per heavy atom. The number of anilines is 1. The minimum absolute atomic E-state index is 0.0554. The van der Waals surface area contributed by atoms with Gasteiger partial charge in [-0.1, -0.05) is 11.6 Å². The smallest absolute Gasteiger partial charge is 0.416 e. The molecule has 2 heterocycles. The maximum Gasteiger partial charge on any atom is 0.416 e. The summed E-state index contributed by atoms with van der Waals surface area (Å²) in [6.07, 6.45) is -2.98. The van der Waals surface area contributed by atoms with E-state index in [-0.39, 0.29) is 22.1 Å². The summed E-state index contributed by atoms with van der Waals surface area (Å²) in [4.78, 5) is 15.9. The van der Waals surface area contributed by atoms with Gasteiger partial charge in [-0.25, -0.2) is 4.98 Å². The summed E-state index contributed by atoms with van der Waals surface area (Å²) in [6.45, 7) is 0. The van der Waals surface area contributed by atoms with Crippen molar-refractivity contribution in [2.24, 2.45) is 0 Å². The van der Waals surface area contributed by atoms with Gasteiger partial charge in [0.15, 0.2) is 10.9 Å². The number of thiazole rings is 1. The Morgan fingerprint density at radius 1 is 1.25 bits per heavy atom. The molecule has 3 aromatic rings. The highest BCUT2D eigenvalue weighted by Gasteiger charge is 2.31. The first-order valence-corrected chi connectivity index (χ1v) is 7.78. The minimum atomic E-state index is -4.50. The topological polar surface area (TPSA) is 55.1 Å². The Hall–Kier alpha value is -2.32. The zero-order chi connectivity index (χ0) is 17.3. The summed E-state index contributed by atoms with van der Waals surface area (Å²) in [5.74, 6) is -0.552. The largest absolute Gasteiger partial charge is 0.451 e. The zero-order valence-corrected chi connectivity index (χ0v) is 13.3. The summed E-state index contributed by atoms with van der Waals surface area (Å²) >= 11 is 7.17. The van der Waals surface area contributed by atoms with Crippen LogP contribution in [0.15, 0.2) is 46.3 Å². The maximum absolute atomic E-state index is 12.8. The van der Waals surface area contributed by atoms with E-state index in [1.165, 1.54) is 29.7 Å². The van der Waals surface area contributed by atoms with Crippen LogP contribution in [0, 0.1) is 0 Å². The van der Waals surface area contributed by atoms with E-state index in [9.17, 15) is 18.0 Å². The van der Waals surface area contributed by atoms with E-state index in [2.05, 4.69) is 10.3 Å². The number of benzene rings is 1. The first-order valence-electron chi connectivity index (χ1n) is 6.52. The Balaban J connectivity index is 1.89. The summed E-state index contributed by atoms with van der Waals surface area (Å²) in [5.41, 5.74) is -0.799. The molecule has 0 radical (unpaired) electrons. The highest BCUT2D eigenvalue weighted by molar-refractivity contribution is 7.13. The number of carbonyl (C=O) groups is 1. The van der Waals surface area contributed by atoms with Crippen LogP contribution in [0.1, 0.15) is 16.1 Å². The van der Waals surface area contributed by atoms with Crippen LogP contribution < -0.4 is 5.32 Å². The van der Waals surface area contributed by atoms with Crippen molar-refractivity contribution in [3.63, 3.8) is 0 Å². The van der Waals surface area contributed by atoms with Crippen molar-refractivity contribution in [2.45, 2.75) is 6.18 Å². The van der Waals surface area contributed by atoms with Crippen molar-refractivity contribution in [3.8, 4) is 11.3 Å². The monoisotopic (exact) mass is 372 g/mol. The third-order valence-electron chi connectivity index (χ3n) is 3.04. The molecule has 9 heteroatoms. The lowest BCUT2D eigenvalue weighted by atomic mass is 10.1. The van der Waals surface area contributed by atoms with Crippen molar-refractivity contribution in [3.05, 3.63) is 58.3 Å². The molecule has 4 nitrogen and oxygen atoms in total. The predicted octanol–water partition coefficient (Wildman–Crippen LogP) is 5.33. The van der Waals surface area contributed by atoms with E-state index >= 15 is 0 Å². The van der Waals surface area contributed by atoms with Crippen LogP contribution in [-0.2, 0) is 6.18 Å². The van der Waals surface area contributed by atoms with Gasteiger partial charge in [0.2, 0.25) is 0 Å². The number of rotatable bonds is 3. The van der Waals surface area contributed by atoms with Gasteiger partial charge >= 0.3 is 6.18 Å². The van der Waals surface area contributed by atoms with E-state index < -0.39 is 17.6 Å². The quantitative estimate of drug-likeness (QED) is 0.676.